The second-order valence-corrected chi connectivity index (χ2v) is 7.94. The fourth-order valence-electron chi connectivity index (χ4n) is 2.67. The predicted octanol–water partition coefficient (Wildman–Crippen LogP) is 2.65. The third-order valence-corrected chi connectivity index (χ3v) is 4.50. The Kier molecular flexibility index (Phi) is 7.53. The number of carbonyl (C=O) groups is 3. The Morgan fingerprint density at radius 1 is 0.793 bits per heavy atom. The zero-order valence-corrected chi connectivity index (χ0v) is 17.4. The van der Waals surface area contributed by atoms with E-state index in [1.165, 1.54) is 0 Å². The Morgan fingerprint density at radius 3 is 1.93 bits per heavy atom. The number of nitrogens with one attached hydrogen (secondary N) is 3. The normalized spacial score (nSPS) is 12.0. The highest BCUT2D eigenvalue weighted by Crippen LogP contribution is 2.22. The summed E-state index contributed by atoms with van der Waals surface area (Å²) in [5, 5.41) is 8.13. The maximum Gasteiger partial charge on any atom is 0.251 e. The summed E-state index contributed by atoms with van der Waals surface area (Å²) in [6.45, 7) is 8.52. The van der Waals surface area contributed by atoms with Crippen LogP contribution in [0.2, 0.25) is 0 Å². The van der Waals surface area contributed by atoms with E-state index in [0.29, 0.717) is 17.7 Å². The second kappa shape index (κ2) is 9.87. The molecular formula is C23H29N3O3. The van der Waals surface area contributed by atoms with Gasteiger partial charge >= 0.3 is 0 Å². The lowest BCUT2D eigenvalue weighted by Crippen LogP contribution is -2.46. The molecular weight excluding hydrogens is 366 g/mol. The first kappa shape index (κ1) is 22.1. The van der Waals surface area contributed by atoms with Crippen LogP contribution in [0, 0.1) is 0 Å². The summed E-state index contributed by atoms with van der Waals surface area (Å²) in [7, 11) is 0. The molecule has 0 saturated carbocycles. The van der Waals surface area contributed by atoms with Gasteiger partial charge in [0.2, 0.25) is 5.91 Å². The van der Waals surface area contributed by atoms with Crippen LogP contribution >= 0.6 is 0 Å². The SMILES string of the molecule is CC(NC(=O)c1ccc(C(C)(C)C)cc1)C(=O)NCCNC(=O)c1ccccc1. The smallest absolute Gasteiger partial charge is 0.251 e. The quantitative estimate of drug-likeness (QED) is 0.630. The predicted molar refractivity (Wildman–Crippen MR) is 114 cm³/mol. The Morgan fingerprint density at radius 2 is 1.34 bits per heavy atom. The van der Waals surface area contributed by atoms with Crippen molar-refractivity contribution in [1.82, 2.24) is 16.0 Å². The highest BCUT2D eigenvalue weighted by molar-refractivity contribution is 5.97. The third kappa shape index (κ3) is 6.75. The van der Waals surface area contributed by atoms with Crippen molar-refractivity contribution in [2.45, 2.75) is 39.2 Å². The van der Waals surface area contributed by atoms with E-state index < -0.39 is 6.04 Å². The fourth-order valence-corrected chi connectivity index (χ4v) is 2.67. The highest BCUT2D eigenvalue weighted by atomic mass is 16.2. The zero-order chi connectivity index (χ0) is 21.4. The molecule has 3 amide bonds. The van der Waals surface area contributed by atoms with Gasteiger partial charge in [-0.1, -0.05) is 51.1 Å². The van der Waals surface area contributed by atoms with E-state index in [9.17, 15) is 14.4 Å². The molecule has 2 aromatic carbocycles. The molecule has 0 bridgehead atoms. The molecule has 6 heteroatoms. The molecule has 0 aromatic heterocycles. The first-order chi connectivity index (χ1) is 13.7. The zero-order valence-electron chi connectivity index (χ0n) is 17.4. The van der Waals surface area contributed by atoms with Crippen LogP contribution in [-0.4, -0.2) is 36.9 Å². The van der Waals surface area contributed by atoms with Crippen molar-refractivity contribution in [1.29, 1.82) is 0 Å². The van der Waals surface area contributed by atoms with E-state index in [0.717, 1.165) is 5.56 Å². The Hall–Kier alpha value is -3.15. The molecule has 6 nitrogen and oxygen atoms in total. The summed E-state index contributed by atoms with van der Waals surface area (Å²) in [5.41, 5.74) is 2.22. The molecule has 0 heterocycles. The van der Waals surface area contributed by atoms with Gasteiger partial charge in [-0.3, -0.25) is 14.4 Å². The summed E-state index contributed by atoms with van der Waals surface area (Å²) in [5.74, 6) is -0.802. The molecule has 0 radical (unpaired) electrons. The van der Waals surface area contributed by atoms with Gasteiger partial charge in [-0.25, -0.2) is 0 Å². The Balaban J connectivity index is 1.75. The van der Waals surface area contributed by atoms with Gasteiger partial charge in [-0.05, 0) is 42.2 Å². The average molecular weight is 396 g/mol. The Labute approximate surface area is 172 Å². The van der Waals surface area contributed by atoms with Gasteiger partial charge in [0.05, 0.1) is 0 Å². The van der Waals surface area contributed by atoms with E-state index in [1.54, 1.807) is 43.3 Å². The number of hydrogen-bond acceptors (Lipinski definition) is 3. The average Bonchev–Trinajstić information content (AvgIpc) is 2.70. The van der Waals surface area contributed by atoms with Crippen molar-refractivity contribution in [3.63, 3.8) is 0 Å². The third-order valence-electron chi connectivity index (χ3n) is 4.50. The molecule has 2 aromatic rings. The van der Waals surface area contributed by atoms with E-state index >= 15 is 0 Å². The lowest BCUT2D eigenvalue weighted by atomic mass is 9.86. The van der Waals surface area contributed by atoms with Crippen LogP contribution in [0.1, 0.15) is 54.0 Å². The maximum atomic E-state index is 12.3. The number of benzene rings is 2. The minimum absolute atomic E-state index is 0.0120. The molecule has 154 valence electrons. The molecule has 0 aliphatic carbocycles. The first-order valence-electron chi connectivity index (χ1n) is 9.71. The van der Waals surface area contributed by atoms with Crippen molar-refractivity contribution < 1.29 is 14.4 Å². The van der Waals surface area contributed by atoms with Crippen molar-refractivity contribution in [3.05, 3.63) is 71.3 Å². The summed E-state index contributed by atoms with van der Waals surface area (Å²) < 4.78 is 0. The Bertz CT molecular complexity index is 840. The molecule has 0 aliphatic rings. The topological polar surface area (TPSA) is 87.3 Å². The first-order valence-corrected chi connectivity index (χ1v) is 9.71. The van der Waals surface area contributed by atoms with Crippen molar-refractivity contribution in [2.24, 2.45) is 0 Å². The molecule has 1 atom stereocenters. The molecule has 2 rings (SSSR count). The van der Waals surface area contributed by atoms with Crippen LogP contribution in [0.25, 0.3) is 0 Å². The van der Waals surface area contributed by atoms with Gasteiger partial charge in [0.15, 0.2) is 0 Å². The lowest BCUT2D eigenvalue weighted by Gasteiger charge is -2.19. The van der Waals surface area contributed by atoms with Crippen LogP contribution < -0.4 is 16.0 Å². The fraction of sp³-hybridized carbons (Fsp3) is 0.348. The number of carbonyl (C=O) groups excluding carboxylic acids is 3. The van der Waals surface area contributed by atoms with Crippen molar-refractivity contribution in [3.8, 4) is 0 Å². The monoisotopic (exact) mass is 395 g/mol. The number of hydrogen-bond donors (Lipinski definition) is 3. The van der Waals surface area contributed by atoms with E-state index in [-0.39, 0.29) is 29.7 Å². The van der Waals surface area contributed by atoms with Gasteiger partial charge in [-0.2, -0.15) is 0 Å². The molecule has 0 fully saturated rings. The van der Waals surface area contributed by atoms with E-state index in [1.807, 2.05) is 18.2 Å². The summed E-state index contributed by atoms with van der Waals surface area (Å²) in [6, 6.07) is 15.6. The van der Waals surface area contributed by atoms with Crippen LogP contribution in [0.3, 0.4) is 0 Å². The minimum Gasteiger partial charge on any atom is -0.353 e. The lowest BCUT2D eigenvalue weighted by molar-refractivity contribution is -0.122. The van der Waals surface area contributed by atoms with Crippen LogP contribution in [0.4, 0.5) is 0 Å². The van der Waals surface area contributed by atoms with Crippen molar-refractivity contribution >= 4 is 17.7 Å². The van der Waals surface area contributed by atoms with E-state index in [2.05, 4.69) is 36.7 Å². The minimum atomic E-state index is -0.686. The highest BCUT2D eigenvalue weighted by Gasteiger charge is 2.18. The van der Waals surface area contributed by atoms with Gasteiger partial charge in [0.25, 0.3) is 11.8 Å². The van der Waals surface area contributed by atoms with Gasteiger partial charge in [-0.15, -0.1) is 0 Å². The summed E-state index contributed by atoms with van der Waals surface area (Å²) in [6.07, 6.45) is 0. The molecule has 0 saturated heterocycles. The summed E-state index contributed by atoms with van der Waals surface area (Å²) >= 11 is 0. The molecule has 1 unspecified atom stereocenters. The van der Waals surface area contributed by atoms with Gasteiger partial charge in [0.1, 0.15) is 6.04 Å². The molecule has 29 heavy (non-hydrogen) atoms. The van der Waals surface area contributed by atoms with Gasteiger partial charge in [0, 0.05) is 24.2 Å². The maximum absolute atomic E-state index is 12.3. The summed E-state index contributed by atoms with van der Waals surface area (Å²) in [4.78, 5) is 36.5. The van der Waals surface area contributed by atoms with Crippen LogP contribution in [0.5, 0.6) is 0 Å². The van der Waals surface area contributed by atoms with Crippen LogP contribution in [0.15, 0.2) is 54.6 Å². The second-order valence-electron chi connectivity index (χ2n) is 7.94. The van der Waals surface area contributed by atoms with Crippen LogP contribution in [-0.2, 0) is 10.2 Å². The largest absolute Gasteiger partial charge is 0.353 e. The standard InChI is InChI=1S/C23H29N3O3/c1-16(26-22(29)18-10-12-19(13-11-18)23(2,3)4)20(27)24-14-15-25-21(28)17-8-6-5-7-9-17/h5-13,16H,14-15H2,1-4H3,(H,24,27)(H,25,28)(H,26,29). The molecule has 3 N–H and O–H groups in total. The van der Waals surface area contributed by atoms with Gasteiger partial charge < -0.3 is 16.0 Å². The van der Waals surface area contributed by atoms with Crippen molar-refractivity contribution in [2.75, 3.05) is 13.1 Å². The van der Waals surface area contributed by atoms with E-state index in [4.69, 9.17) is 0 Å². The molecule has 0 aliphatic heterocycles. The number of amides is 3. The molecule has 0 spiro atoms. The number of rotatable bonds is 7.